The predicted molar refractivity (Wildman–Crippen MR) is 124 cm³/mol. The van der Waals surface area contributed by atoms with Crippen LogP contribution in [0.5, 0.6) is 0 Å². The minimum absolute atomic E-state index is 0.0674. The third-order valence-corrected chi connectivity index (χ3v) is 5.67. The second kappa shape index (κ2) is 9.47. The van der Waals surface area contributed by atoms with Crippen LogP contribution >= 0.6 is 0 Å². The minimum atomic E-state index is -3.53. The van der Waals surface area contributed by atoms with Gasteiger partial charge in [-0.05, 0) is 35.7 Å². The van der Waals surface area contributed by atoms with Gasteiger partial charge in [0.25, 0.3) is 0 Å². The number of hydrogen-bond donors (Lipinski definition) is 4. The summed E-state index contributed by atoms with van der Waals surface area (Å²) >= 11 is 0. The van der Waals surface area contributed by atoms with E-state index in [4.69, 9.17) is 5.11 Å². The molecule has 1 aromatic carbocycles. The van der Waals surface area contributed by atoms with Crippen LogP contribution in [0.25, 0.3) is 0 Å². The highest BCUT2D eigenvalue weighted by molar-refractivity contribution is 7.92. The van der Waals surface area contributed by atoms with Crippen molar-refractivity contribution in [3.8, 4) is 0 Å². The lowest BCUT2D eigenvalue weighted by molar-refractivity contribution is 0.140. The average Bonchev–Trinajstić information content (AvgIpc) is 2.79. The van der Waals surface area contributed by atoms with Gasteiger partial charge in [0.2, 0.25) is 16.0 Å². The first-order chi connectivity index (χ1) is 16.2. The fraction of sp³-hybridized carbons (Fsp3) is 0.238. The Kier molecular flexibility index (Phi) is 6.45. The van der Waals surface area contributed by atoms with E-state index in [0.29, 0.717) is 30.8 Å². The number of hydrogen-bond acceptors (Lipinski definition) is 8. The molecular formula is C21H22FN7O4S. The van der Waals surface area contributed by atoms with E-state index >= 15 is 0 Å². The molecule has 0 radical (unpaired) electrons. The Labute approximate surface area is 195 Å². The summed E-state index contributed by atoms with van der Waals surface area (Å²) in [5.74, 6) is -0.443. The van der Waals surface area contributed by atoms with Crippen LogP contribution in [-0.4, -0.2) is 52.3 Å². The van der Waals surface area contributed by atoms with Crippen LogP contribution in [0.4, 0.5) is 32.5 Å². The molecule has 13 heteroatoms. The highest BCUT2D eigenvalue weighted by atomic mass is 32.2. The lowest BCUT2D eigenvalue weighted by Crippen LogP contribution is -2.34. The molecule has 0 aliphatic carbocycles. The number of nitrogens with zero attached hydrogens (tertiary/aromatic N) is 4. The number of halogens is 1. The highest BCUT2D eigenvalue weighted by Gasteiger charge is 2.20. The molecule has 0 unspecified atom stereocenters. The number of anilines is 4. The maximum atomic E-state index is 14.3. The van der Waals surface area contributed by atoms with Gasteiger partial charge in [0.1, 0.15) is 5.82 Å². The van der Waals surface area contributed by atoms with Crippen LogP contribution in [0.1, 0.15) is 16.7 Å². The normalized spacial score (nSPS) is 13.2. The van der Waals surface area contributed by atoms with E-state index in [1.807, 2.05) is 12.1 Å². The van der Waals surface area contributed by atoms with Gasteiger partial charge >= 0.3 is 6.09 Å². The van der Waals surface area contributed by atoms with Crippen LogP contribution in [0.15, 0.2) is 42.7 Å². The van der Waals surface area contributed by atoms with Gasteiger partial charge in [-0.15, -0.1) is 0 Å². The molecule has 1 aliphatic rings. The molecule has 4 rings (SSSR count). The van der Waals surface area contributed by atoms with Crippen molar-refractivity contribution in [2.75, 3.05) is 28.2 Å². The number of pyridine rings is 1. The van der Waals surface area contributed by atoms with Crippen LogP contribution in [0.3, 0.4) is 0 Å². The van der Waals surface area contributed by atoms with Gasteiger partial charge < -0.3 is 20.6 Å². The van der Waals surface area contributed by atoms with E-state index in [1.54, 1.807) is 18.2 Å². The molecule has 1 aliphatic heterocycles. The fourth-order valence-electron chi connectivity index (χ4n) is 3.50. The predicted octanol–water partition coefficient (Wildman–Crippen LogP) is 2.77. The summed E-state index contributed by atoms with van der Waals surface area (Å²) in [6.45, 7) is 0.812. The number of amides is 1. The Hall–Kier alpha value is -4.00. The van der Waals surface area contributed by atoms with Gasteiger partial charge in [-0.1, -0.05) is 12.1 Å². The van der Waals surface area contributed by atoms with Gasteiger partial charge in [0.15, 0.2) is 11.6 Å². The van der Waals surface area contributed by atoms with Gasteiger partial charge in [-0.2, -0.15) is 4.98 Å². The van der Waals surface area contributed by atoms with E-state index in [1.165, 1.54) is 11.1 Å². The maximum Gasteiger partial charge on any atom is 0.407 e. The number of nitrogens with one attached hydrogen (secondary N) is 3. The molecule has 0 saturated carbocycles. The van der Waals surface area contributed by atoms with Gasteiger partial charge in [0, 0.05) is 37.1 Å². The zero-order valence-electron chi connectivity index (χ0n) is 18.1. The second-order valence-electron chi connectivity index (χ2n) is 7.69. The summed E-state index contributed by atoms with van der Waals surface area (Å²) in [7, 11) is -3.53. The van der Waals surface area contributed by atoms with E-state index in [-0.39, 0.29) is 24.1 Å². The third kappa shape index (κ3) is 5.67. The molecule has 1 amide bonds. The van der Waals surface area contributed by atoms with Crippen LogP contribution in [0, 0.1) is 5.82 Å². The summed E-state index contributed by atoms with van der Waals surface area (Å²) in [6.07, 6.45) is 3.13. The lowest BCUT2D eigenvalue weighted by Gasteiger charge is -2.26. The topological polar surface area (TPSA) is 149 Å². The Balaban J connectivity index is 1.47. The summed E-state index contributed by atoms with van der Waals surface area (Å²) in [5.41, 5.74) is 3.14. The van der Waals surface area contributed by atoms with Crippen molar-refractivity contribution in [1.82, 2.24) is 19.9 Å². The number of carboxylic acid groups (broad SMARTS) is 1. The first kappa shape index (κ1) is 23.2. The number of carbonyl (C=O) groups is 1. The number of fused-ring (bicyclic) bond motifs is 1. The fourth-order valence-corrected chi connectivity index (χ4v) is 4.04. The molecular weight excluding hydrogens is 465 g/mol. The Morgan fingerprint density at radius 1 is 1.21 bits per heavy atom. The first-order valence-corrected chi connectivity index (χ1v) is 12.1. The molecule has 2 aromatic heterocycles. The van der Waals surface area contributed by atoms with Crippen molar-refractivity contribution in [2.45, 2.75) is 19.5 Å². The molecule has 34 heavy (non-hydrogen) atoms. The van der Waals surface area contributed by atoms with E-state index in [2.05, 4.69) is 30.3 Å². The van der Waals surface area contributed by atoms with Crippen LogP contribution in [0.2, 0.25) is 0 Å². The number of rotatable bonds is 7. The zero-order valence-corrected chi connectivity index (χ0v) is 18.9. The zero-order chi connectivity index (χ0) is 24.3. The molecule has 0 saturated heterocycles. The molecule has 0 spiro atoms. The maximum absolute atomic E-state index is 14.3. The number of aromatic nitrogens is 3. The Bertz CT molecular complexity index is 1340. The smallest absolute Gasteiger partial charge is 0.407 e. The van der Waals surface area contributed by atoms with Gasteiger partial charge in [-0.25, -0.2) is 27.6 Å². The van der Waals surface area contributed by atoms with E-state index < -0.39 is 21.9 Å². The SMILES string of the molecule is CS(=O)(=O)Nc1ncccc1CNc1nc(Nc2ccc3c(c2)CCN(C(=O)O)C3)ncc1F. The van der Waals surface area contributed by atoms with Crippen molar-refractivity contribution in [3.63, 3.8) is 0 Å². The third-order valence-electron chi connectivity index (χ3n) is 5.11. The van der Waals surface area contributed by atoms with E-state index in [9.17, 15) is 17.6 Å². The summed E-state index contributed by atoms with van der Waals surface area (Å²) in [5, 5.41) is 15.0. The molecule has 3 heterocycles. The number of sulfonamides is 1. The molecule has 4 N–H and O–H groups in total. The molecule has 0 fully saturated rings. The molecule has 3 aromatic rings. The average molecular weight is 488 g/mol. The lowest BCUT2D eigenvalue weighted by atomic mass is 9.99. The second-order valence-corrected chi connectivity index (χ2v) is 9.44. The first-order valence-electron chi connectivity index (χ1n) is 10.2. The summed E-state index contributed by atoms with van der Waals surface area (Å²) in [6, 6.07) is 8.81. The van der Waals surface area contributed by atoms with Crippen LogP contribution in [-0.2, 0) is 29.5 Å². The van der Waals surface area contributed by atoms with Crippen molar-refractivity contribution in [2.24, 2.45) is 0 Å². The van der Waals surface area contributed by atoms with E-state index in [0.717, 1.165) is 23.6 Å². The van der Waals surface area contributed by atoms with Crippen LogP contribution < -0.4 is 15.4 Å². The standard InChI is InChI=1S/C21H22FN7O4S/c1-34(32,33)28-18-14(3-2-7-23-18)10-24-19-17(22)11-25-20(27-19)26-16-5-4-15-12-29(21(30)31)8-6-13(15)9-16/h2-5,7,9,11H,6,8,10,12H2,1H3,(H,23,28)(H,30,31)(H2,24,25,26,27). The molecule has 178 valence electrons. The summed E-state index contributed by atoms with van der Waals surface area (Å²) in [4.78, 5) is 24.7. The van der Waals surface area contributed by atoms with Gasteiger partial charge in [-0.3, -0.25) is 4.72 Å². The molecule has 0 bridgehead atoms. The van der Waals surface area contributed by atoms with Crippen molar-refractivity contribution in [3.05, 3.63) is 65.2 Å². The Morgan fingerprint density at radius 3 is 2.79 bits per heavy atom. The number of benzene rings is 1. The van der Waals surface area contributed by atoms with Crippen molar-refractivity contribution in [1.29, 1.82) is 0 Å². The molecule has 11 nitrogen and oxygen atoms in total. The van der Waals surface area contributed by atoms with Gasteiger partial charge in [0.05, 0.1) is 12.5 Å². The van der Waals surface area contributed by atoms with Crippen molar-refractivity contribution < 1.29 is 22.7 Å². The highest BCUT2D eigenvalue weighted by Crippen LogP contribution is 2.25. The summed E-state index contributed by atoms with van der Waals surface area (Å²) < 4.78 is 39.7. The monoisotopic (exact) mass is 487 g/mol. The molecule has 0 atom stereocenters. The minimum Gasteiger partial charge on any atom is -0.465 e. The Morgan fingerprint density at radius 2 is 2.03 bits per heavy atom. The largest absolute Gasteiger partial charge is 0.465 e. The van der Waals surface area contributed by atoms with Crippen molar-refractivity contribution >= 4 is 39.4 Å². The quantitative estimate of drug-likeness (QED) is 0.394.